The molecule has 0 spiro atoms. The minimum absolute atomic E-state index is 0.147. The van der Waals surface area contributed by atoms with Crippen molar-refractivity contribution in [2.45, 2.75) is 13.3 Å². The largest absolute Gasteiger partial charge is 0.355 e. The predicted octanol–water partition coefficient (Wildman–Crippen LogP) is 1.34. The van der Waals surface area contributed by atoms with Crippen molar-refractivity contribution in [3.63, 3.8) is 0 Å². The molecule has 0 unspecified atom stereocenters. The highest BCUT2D eigenvalue weighted by atomic mass is 16.6. The Morgan fingerprint density at radius 3 is 2.84 bits per heavy atom. The van der Waals surface area contributed by atoms with Crippen LogP contribution in [-0.2, 0) is 4.79 Å². The highest BCUT2D eigenvalue weighted by Crippen LogP contribution is 2.18. The lowest BCUT2D eigenvalue weighted by atomic mass is 10.1. The van der Waals surface area contributed by atoms with E-state index in [-0.39, 0.29) is 22.7 Å². The van der Waals surface area contributed by atoms with E-state index in [4.69, 9.17) is 5.26 Å². The molecule has 1 aromatic rings. The number of nitro benzene ring substituents is 1. The zero-order valence-corrected chi connectivity index (χ0v) is 10.3. The van der Waals surface area contributed by atoms with Gasteiger partial charge in [-0.05, 0) is 12.1 Å². The molecule has 6 heteroatoms. The topological polar surface area (TPSA) is 96.0 Å². The number of carbonyl (C=O) groups is 1. The van der Waals surface area contributed by atoms with Gasteiger partial charge in [0.2, 0.25) is 5.91 Å². The van der Waals surface area contributed by atoms with Crippen LogP contribution in [0.1, 0.15) is 24.5 Å². The van der Waals surface area contributed by atoms with Gasteiger partial charge in [0.05, 0.1) is 16.6 Å². The van der Waals surface area contributed by atoms with Crippen LogP contribution < -0.4 is 5.32 Å². The van der Waals surface area contributed by atoms with Gasteiger partial charge in [0.25, 0.3) is 5.69 Å². The SMILES string of the molecule is CC(=O)NCCC#Cc1ccc(C#N)cc1[N+](=O)[O-]. The van der Waals surface area contributed by atoms with Crippen molar-refractivity contribution in [1.82, 2.24) is 5.32 Å². The molecule has 0 atom stereocenters. The Labute approximate surface area is 110 Å². The van der Waals surface area contributed by atoms with E-state index in [0.29, 0.717) is 13.0 Å². The second-order valence-electron chi connectivity index (χ2n) is 3.64. The third-order valence-corrected chi connectivity index (χ3v) is 2.17. The van der Waals surface area contributed by atoms with Crippen LogP contribution in [-0.4, -0.2) is 17.4 Å². The molecule has 0 bridgehead atoms. The molecule has 1 amide bonds. The van der Waals surface area contributed by atoms with E-state index in [1.54, 1.807) is 0 Å². The number of rotatable bonds is 3. The summed E-state index contributed by atoms with van der Waals surface area (Å²) >= 11 is 0. The molecule has 0 aliphatic carbocycles. The molecule has 1 aromatic carbocycles. The number of nitrogens with zero attached hydrogens (tertiary/aromatic N) is 2. The summed E-state index contributed by atoms with van der Waals surface area (Å²) < 4.78 is 0. The van der Waals surface area contributed by atoms with E-state index in [1.807, 2.05) is 6.07 Å². The van der Waals surface area contributed by atoms with Gasteiger partial charge in [-0.15, -0.1) is 0 Å². The lowest BCUT2D eigenvalue weighted by Crippen LogP contribution is -2.20. The van der Waals surface area contributed by atoms with Gasteiger partial charge < -0.3 is 5.32 Å². The van der Waals surface area contributed by atoms with Gasteiger partial charge >= 0.3 is 0 Å². The summed E-state index contributed by atoms with van der Waals surface area (Å²) in [5.41, 5.74) is 0.286. The van der Waals surface area contributed by atoms with Crippen LogP contribution in [0.2, 0.25) is 0 Å². The van der Waals surface area contributed by atoms with Gasteiger partial charge in [-0.25, -0.2) is 0 Å². The van der Waals surface area contributed by atoms with E-state index in [9.17, 15) is 14.9 Å². The van der Waals surface area contributed by atoms with Crippen molar-refractivity contribution < 1.29 is 9.72 Å². The molecule has 1 rings (SSSR count). The first-order valence-electron chi connectivity index (χ1n) is 5.46. The van der Waals surface area contributed by atoms with Crippen LogP contribution in [0, 0.1) is 33.3 Å². The van der Waals surface area contributed by atoms with E-state index < -0.39 is 4.92 Å². The third-order valence-electron chi connectivity index (χ3n) is 2.17. The molecule has 0 aliphatic heterocycles. The number of carbonyl (C=O) groups excluding carboxylic acids is 1. The molecule has 0 aliphatic rings. The van der Waals surface area contributed by atoms with Crippen LogP contribution in [0.15, 0.2) is 18.2 Å². The summed E-state index contributed by atoms with van der Waals surface area (Å²) in [5.74, 6) is 5.26. The fraction of sp³-hybridized carbons (Fsp3) is 0.231. The number of nitrogens with one attached hydrogen (secondary N) is 1. The van der Waals surface area contributed by atoms with E-state index >= 15 is 0 Å². The first kappa shape index (κ1) is 14.2. The quantitative estimate of drug-likeness (QED) is 0.382. The second kappa shape index (κ2) is 6.77. The molecule has 0 radical (unpaired) electrons. The number of benzene rings is 1. The summed E-state index contributed by atoms with van der Waals surface area (Å²) in [4.78, 5) is 20.9. The predicted molar refractivity (Wildman–Crippen MR) is 68.0 cm³/mol. The molecular weight excluding hydrogens is 246 g/mol. The molecule has 1 N–H and O–H groups in total. The summed E-state index contributed by atoms with van der Waals surface area (Å²) in [6, 6.07) is 5.95. The minimum Gasteiger partial charge on any atom is -0.355 e. The maximum atomic E-state index is 10.8. The average Bonchev–Trinajstić information content (AvgIpc) is 2.38. The van der Waals surface area contributed by atoms with Crippen molar-refractivity contribution in [3.05, 3.63) is 39.4 Å². The van der Waals surface area contributed by atoms with Crippen molar-refractivity contribution >= 4 is 11.6 Å². The second-order valence-corrected chi connectivity index (χ2v) is 3.64. The molecule has 0 aromatic heterocycles. The monoisotopic (exact) mass is 257 g/mol. The fourth-order valence-electron chi connectivity index (χ4n) is 1.32. The number of hydrogen-bond donors (Lipinski definition) is 1. The maximum absolute atomic E-state index is 10.8. The number of hydrogen-bond acceptors (Lipinski definition) is 4. The molecule has 0 saturated carbocycles. The molecule has 19 heavy (non-hydrogen) atoms. The van der Waals surface area contributed by atoms with Crippen LogP contribution in [0.4, 0.5) is 5.69 Å². The Morgan fingerprint density at radius 1 is 1.53 bits per heavy atom. The smallest absolute Gasteiger partial charge is 0.286 e. The summed E-state index contributed by atoms with van der Waals surface area (Å²) in [5, 5.41) is 22.1. The first-order valence-corrected chi connectivity index (χ1v) is 5.46. The van der Waals surface area contributed by atoms with E-state index in [1.165, 1.54) is 25.1 Å². The molecule has 96 valence electrons. The van der Waals surface area contributed by atoms with E-state index in [2.05, 4.69) is 17.2 Å². The number of nitro groups is 1. The van der Waals surface area contributed by atoms with Gasteiger partial charge in [-0.2, -0.15) is 5.26 Å². The molecule has 0 fully saturated rings. The summed E-state index contributed by atoms with van der Waals surface area (Å²) in [7, 11) is 0. The lowest BCUT2D eigenvalue weighted by molar-refractivity contribution is -0.385. The van der Waals surface area contributed by atoms with Crippen molar-refractivity contribution in [2.24, 2.45) is 0 Å². The van der Waals surface area contributed by atoms with Crippen molar-refractivity contribution in [3.8, 4) is 17.9 Å². The van der Waals surface area contributed by atoms with E-state index in [0.717, 1.165) is 0 Å². The Morgan fingerprint density at radius 2 is 2.26 bits per heavy atom. The first-order chi connectivity index (χ1) is 9.04. The van der Waals surface area contributed by atoms with Gasteiger partial charge in [-0.3, -0.25) is 14.9 Å². The third kappa shape index (κ3) is 4.49. The summed E-state index contributed by atoms with van der Waals surface area (Å²) in [6.07, 6.45) is 0.400. The number of amides is 1. The lowest BCUT2D eigenvalue weighted by Gasteiger charge is -1.96. The fourth-order valence-corrected chi connectivity index (χ4v) is 1.32. The van der Waals surface area contributed by atoms with Gasteiger partial charge in [-0.1, -0.05) is 11.8 Å². The Bertz CT molecular complexity index is 606. The van der Waals surface area contributed by atoms with Gasteiger partial charge in [0, 0.05) is 26.0 Å². The maximum Gasteiger partial charge on any atom is 0.286 e. The molecule has 0 saturated heterocycles. The van der Waals surface area contributed by atoms with Crippen LogP contribution >= 0.6 is 0 Å². The molecule has 0 heterocycles. The molecule has 6 nitrogen and oxygen atoms in total. The summed E-state index contributed by atoms with van der Waals surface area (Å²) in [6.45, 7) is 1.80. The van der Waals surface area contributed by atoms with Crippen LogP contribution in [0.3, 0.4) is 0 Å². The highest BCUT2D eigenvalue weighted by Gasteiger charge is 2.12. The Kier molecular flexibility index (Phi) is 5.06. The van der Waals surface area contributed by atoms with Crippen molar-refractivity contribution in [2.75, 3.05) is 6.54 Å². The highest BCUT2D eigenvalue weighted by molar-refractivity contribution is 5.72. The van der Waals surface area contributed by atoms with Gasteiger partial charge in [0.1, 0.15) is 5.56 Å². The minimum atomic E-state index is -0.571. The zero-order valence-electron chi connectivity index (χ0n) is 10.3. The van der Waals surface area contributed by atoms with Gasteiger partial charge in [0.15, 0.2) is 0 Å². The van der Waals surface area contributed by atoms with Crippen LogP contribution in [0.25, 0.3) is 0 Å². The Balaban J connectivity index is 2.84. The molecular formula is C13H11N3O3. The van der Waals surface area contributed by atoms with Crippen LogP contribution in [0.5, 0.6) is 0 Å². The standard InChI is InChI=1S/C13H11N3O3/c1-10(17)15-7-3-2-4-12-6-5-11(9-14)8-13(12)16(18)19/h5-6,8H,3,7H2,1H3,(H,15,17). The zero-order chi connectivity index (χ0) is 14.3. The normalized spacial score (nSPS) is 8.84. The Hall–Kier alpha value is -2.86. The number of nitriles is 1. The average molecular weight is 257 g/mol. The van der Waals surface area contributed by atoms with Crippen molar-refractivity contribution in [1.29, 1.82) is 5.26 Å².